The quantitative estimate of drug-likeness (QED) is 0.873. The molecule has 2 aliphatic rings. The lowest BCUT2D eigenvalue weighted by Crippen LogP contribution is -2.46. The summed E-state index contributed by atoms with van der Waals surface area (Å²) < 4.78 is 7.47. The number of fused-ring (bicyclic) bond motifs is 4. The standard InChI is InChI=1S/C19H22N2O2/c1-23-18-7-3-2-5-15(18)12-20-10-14-9-16(13-20)17-6-4-8-19(22)21(17)11-14/h2-8,14,16H,9-13H2,1H3/t14-,16+/m0/s1. The molecular weight excluding hydrogens is 288 g/mol. The zero-order chi connectivity index (χ0) is 15.8. The van der Waals surface area contributed by atoms with Crippen molar-refractivity contribution in [3.05, 3.63) is 64.1 Å². The second-order valence-corrected chi connectivity index (χ2v) is 6.70. The Morgan fingerprint density at radius 1 is 1.09 bits per heavy atom. The van der Waals surface area contributed by atoms with Gasteiger partial charge in [0.05, 0.1) is 7.11 Å². The van der Waals surface area contributed by atoms with E-state index in [9.17, 15) is 4.79 Å². The topological polar surface area (TPSA) is 34.5 Å². The van der Waals surface area contributed by atoms with E-state index in [1.807, 2.05) is 22.8 Å². The first-order chi connectivity index (χ1) is 11.2. The maximum absolute atomic E-state index is 12.1. The molecule has 0 saturated carbocycles. The number of aromatic nitrogens is 1. The molecule has 0 radical (unpaired) electrons. The summed E-state index contributed by atoms with van der Waals surface area (Å²) in [5, 5.41) is 0. The minimum atomic E-state index is 0.148. The van der Waals surface area contributed by atoms with E-state index in [2.05, 4.69) is 23.1 Å². The summed E-state index contributed by atoms with van der Waals surface area (Å²) in [6.07, 6.45) is 1.20. The van der Waals surface area contributed by atoms with E-state index in [1.165, 1.54) is 17.7 Å². The molecule has 4 rings (SSSR count). The van der Waals surface area contributed by atoms with Crippen LogP contribution in [0.15, 0.2) is 47.3 Å². The Labute approximate surface area is 136 Å². The smallest absolute Gasteiger partial charge is 0.250 e. The van der Waals surface area contributed by atoms with Crippen LogP contribution in [0, 0.1) is 5.92 Å². The number of hydrogen-bond acceptors (Lipinski definition) is 3. The largest absolute Gasteiger partial charge is 0.496 e. The van der Waals surface area contributed by atoms with Crippen LogP contribution in [0.2, 0.25) is 0 Å². The number of para-hydroxylation sites is 1. The normalized spacial score (nSPS) is 23.3. The molecule has 1 aromatic heterocycles. The maximum Gasteiger partial charge on any atom is 0.250 e. The third kappa shape index (κ3) is 2.68. The van der Waals surface area contributed by atoms with Crippen LogP contribution in [0.5, 0.6) is 5.75 Å². The van der Waals surface area contributed by atoms with Crippen molar-refractivity contribution in [2.75, 3.05) is 20.2 Å². The van der Waals surface area contributed by atoms with Crippen molar-refractivity contribution in [1.82, 2.24) is 9.47 Å². The van der Waals surface area contributed by atoms with Gasteiger partial charge in [0, 0.05) is 49.4 Å². The average molecular weight is 310 g/mol. The predicted molar refractivity (Wildman–Crippen MR) is 89.8 cm³/mol. The van der Waals surface area contributed by atoms with Crippen LogP contribution in [0.3, 0.4) is 0 Å². The first kappa shape index (κ1) is 14.5. The highest BCUT2D eigenvalue weighted by Crippen LogP contribution is 2.36. The highest BCUT2D eigenvalue weighted by Gasteiger charge is 2.34. The maximum atomic E-state index is 12.1. The molecule has 3 heterocycles. The molecule has 4 heteroatoms. The summed E-state index contributed by atoms with van der Waals surface area (Å²) >= 11 is 0. The van der Waals surface area contributed by atoms with E-state index < -0.39 is 0 Å². The van der Waals surface area contributed by atoms with Gasteiger partial charge in [-0.05, 0) is 24.5 Å². The minimum Gasteiger partial charge on any atom is -0.496 e. The first-order valence-electron chi connectivity index (χ1n) is 8.28. The number of likely N-dealkylation sites (tertiary alicyclic amines) is 1. The molecule has 2 bridgehead atoms. The molecule has 2 aliphatic heterocycles. The van der Waals surface area contributed by atoms with Crippen LogP contribution in [0.1, 0.15) is 23.6 Å². The lowest BCUT2D eigenvalue weighted by Gasteiger charge is -2.42. The van der Waals surface area contributed by atoms with Crippen LogP contribution in [-0.4, -0.2) is 29.7 Å². The van der Waals surface area contributed by atoms with Crippen LogP contribution in [0.25, 0.3) is 0 Å². The van der Waals surface area contributed by atoms with E-state index in [1.54, 1.807) is 13.2 Å². The molecule has 2 atom stereocenters. The van der Waals surface area contributed by atoms with Gasteiger partial charge in [-0.2, -0.15) is 0 Å². The Balaban J connectivity index is 1.58. The second-order valence-electron chi connectivity index (χ2n) is 6.70. The van der Waals surface area contributed by atoms with Gasteiger partial charge in [-0.15, -0.1) is 0 Å². The lowest BCUT2D eigenvalue weighted by molar-refractivity contribution is 0.113. The Morgan fingerprint density at radius 2 is 1.96 bits per heavy atom. The fraction of sp³-hybridized carbons (Fsp3) is 0.421. The number of hydrogen-bond donors (Lipinski definition) is 0. The molecule has 2 aromatic rings. The van der Waals surface area contributed by atoms with E-state index in [0.717, 1.165) is 31.9 Å². The van der Waals surface area contributed by atoms with Crippen molar-refractivity contribution < 1.29 is 4.74 Å². The summed E-state index contributed by atoms with van der Waals surface area (Å²) in [5.74, 6) is 1.99. The Morgan fingerprint density at radius 3 is 2.83 bits per heavy atom. The number of ether oxygens (including phenoxy) is 1. The van der Waals surface area contributed by atoms with Gasteiger partial charge in [-0.3, -0.25) is 9.69 Å². The minimum absolute atomic E-state index is 0.148. The lowest BCUT2D eigenvalue weighted by atomic mass is 9.83. The van der Waals surface area contributed by atoms with Gasteiger partial charge >= 0.3 is 0 Å². The predicted octanol–water partition coefficient (Wildman–Crippen LogP) is 2.48. The van der Waals surface area contributed by atoms with Gasteiger partial charge in [0.2, 0.25) is 0 Å². The third-order valence-electron chi connectivity index (χ3n) is 5.14. The molecule has 1 fully saturated rings. The van der Waals surface area contributed by atoms with E-state index >= 15 is 0 Å². The Hall–Kier alpha value is -2.07. The molecule has 0 unspecified atom stereocenters. The van der Waals surface area contributed by atoms with Crippen molar-refractivity contribution in [1.29, 1.82) is 0 Å². The van der Waals surface area contributed by atoms with Crippen LogP contribution in [0.4, 0.5) is 0 Å². The number of benzene rings is 1. The monoisotopic (exact) mass is 310 g/mol. The molecule has 4 nitrogen and oxygen atoms in total. The molecule has 23 heavy (non-hydrogen) atoms. The number of pyridine rings is 1. The molecule has 0 aliphatic carbocycles. The SMILES string of the molecule is COc1ccccc1CN1C[C@@H]2C[C@H](C1)c1cccc(=O)n1C2. The summed E-state index contributed by atoms with van der Waals surface area (Å²) in [7, 11) is 1.73. The van der Waals surface area contributed by atoms with Crippen LogP contribution < -0.4 is 10.3 Å². The molecule has 0 amide bonds. The molecule has 1 aromatic carbocycles. The van der Waals surface area contributed by atoms with E-state index in [-0.39, 0.29) is 5.56 Å². The van der Waals surface area contributed by atoms with Crippen molar-refractivity contribution >= 4 is 0 Å². The Kier molecular flexibility index (Phi) is 3.69. The zero-order valence-electron chi connectivity index (χ0n) is 13.4. The summed E-state index contributed by atoms with van der Waals surface area (Å²) in [6.45, 7) is 3.83. The highest BCUT2D eigenvalue weighted by atomic mass is 16.5. The third-order valence-corrected chi connectivity index (χ3v) is 5.14. The van der Waals surface area contributed by atoms with E-state index in [0.29, 0.717) is 11.8 Å². The number of nitrogens with zero attached hydrogens (tertiary/aromatic N) is 2. The molecule has 0 N–H and O–H groups in total. The number of rotatable bonds is 3. The van der Waals surface area contributed by atoms with Crippen molar-refractivity contribution in [2.45, 2.75) is 25.4 Å². The summed E-state index contributed by atoms with van der Waals surface area (Å²) in [6, 6.07) is 13.9. The van der Waals surface area contributed by atoms with Crippen LogP contribution in [-0.2, 0) is 13.1 Å². The first-order valence-corrected chi connectivity index (χ1v) is 8.28. The van der Waals surface area contributed by atoms with Crippen LogP contribution >= 0.6 is 0 Å². The van der Waals surface area contributed by atoms with Gasteiger partial charge in [0.1, 0.15) is 5.75 Å². The molecular formula is C19H22N2O2. The van der Waals surface area contributed by atoms with Crippen molar-refractivity contribution in [3.63, 3.8) is 0 Å². The van der Waals surface area contributed by atoms with Gasteiger partial charge < -0.3 is 9.30 Å². The molecule has 120 valence electrons. The van der Waals surface area contributed by atoms with E-state index in [4.69, 9.17) is 4.74 Å². The van der Waals surface area contributed by atoms with Crippen molar-refractivity contribution in [2.24, 2.45) is 5.92 Å². The van der Waals surface area contributed by atoms with Gasteiger partial charge in [-0.25, -0.2) is 0 Å². The zero-order valence-corrected chi connectivity index (χ0v) is 13.4. The average Bonchev–Trinajstić information content (AvgIpc) is 2.56. The fourth-order valence-electron chi connectivity index (χ4n) is 4.20. The summed E-state index contributed by atoms with van der Waals surface area (Å²) in [5.41, 5.74) is 2.59. The van der Waals surface area contributed by atoms with Gasteiger partial charge in [0.15, 0.2) is 0 Å². The summed E-state index contributed by atoms with van der Waals surface area (Å²) in [4.78, 5) is 14.6. The molecule has 0 spiro atoms. The van der Waals surface area contributed by atoms with Crippen molar-refractivity contribution in [3.8, 4) is 5.75 Å². The molecule has 1 saturated heterocycles. The Bertz CT molecular complexity index is 768. The number of methoxy groups -OCH3 is 1. The number of piperidine rings is 1. The fourth-order valence-corrected chi connectivity index (χ4v) is 4.20. The second kappa shape index (κ2) is 5.85. The van der Waals surface area contributed by atoms with Gasteiger partial charge in [0.25, 0.3) is 5.56 Å². The highest BCUT2D eigenvalue weighted by molar-refractivity contribution is 5.33. The van der Waals surface area contributed by atoms with Gasteiger partial charge in [-0.1, -0.05) is 24.3 Å².